The van der Waals surface area contributed by atoms with E-state index in [4.69, 9.17) is 9.62 Å². The van der Waals surface area contributed by atoms with Crippen LogP contribution in [-0.4, -0.2) is 16.3 Å². The number of hydrogen-bond donors (Lipinski definition) is 1. The Kier molecular flexibility index (Phi) is 3.42. The van der Waals surface area contributed by atoms with Crippen LogP contribution in [0.5, 0.6) is 0 Å². The zero-order valence-corrected chi connectivity index (χ0v) is 10.5. The highest BCUT2D eigenvalue weighted by molar-refractivity contribution is 9.10. The van der Waals surface area contributed by atoms with Gasteiger partial charge in [-0.05, 0) is 24.3 Å². The first-order chi connectivity index (χ1) is 8.61. The number of nitrogens with zero attached hydrogens (tertiary/aromatic N) is 2. The second-order valence-corrected chi connectivity index (χ2v) is 4.28. The summed E-state index contributed by atoms with van der Waals surface area (Å²) in [6, 6.07) is 7.80. The predicted octanol–water partition coefficient (Wildman–Crippen LogP) is 3.43. The summed E-state index contributed by atoms with van der Waals surface area (Å²) in [6.07, 6.45) is 1.11. The molecule has 1 aromatic carbocycles. The van der Waals surface area contributed by atoms with Gasteiger partial charge in [-0.1, -0.05) is 21.1 Å². The number of oxime groups is 1. The molecule has 0 saturated carbocycles. The molecule has 0 aliphatic rings. The average Bonchev–Trinajstić information content (AvgIpc) is 2.78. The first-order valence-corrected chi connectivity index (χ1v) is 5.62. The summed E-state index contributed by atoms with van der Waals surface area (Å²) in [7, 11) is 0. The molecule has 0 aliphatic carbocycles. The van der Waals surface area contributed by atoms with E-state index in [1.165, 1.54) is 6.07 Å². The van der Waals surface area contributed by atoms with Gasteiger partial charge in [0.25, 0.3) is 5.69 Å². The molecule has 1 N–H and O–H groups in total. The van der Waals surface area contributed by atoms with Crippen LogP contribution in [0.15, 0.2) is 44.4 Å². The Morgan fingerprint density at radius 3 is 2.83 bits per heavy atom. The van der Waals surface area contributed by atoms with Crippen LogP contribution in [0.3, 0.4) is 0 Å². The van der Waals surface area contributed by atoms with Gasteiger partial charge in [0.05, 0.1) is 10.5 Å². The van der Waals surface area contributed by atoms with E-state index in [2.05, 4.69) is 21.1 Å². The van der Waals surface area contributed by atoms with E-state index in [9.17, 15) is 10.1 Å². The molecule has 0 fully saturated rings. The number of nitro groups is 1. The number of nitro benzene ring substituents is 1. The summed E-state index contributed by atoms with van der Waals surface area (Å²) >= 11 is 3.18. The molecule has 0 unspecified atom stereocenters. The quantitative estimate of drug-likeness (QED) is 0.407. The lowest BCUT2D eigenvalue weighted by Crippen LogP contribution is -1.91. The number of halogens is 1. The van der Waals surface area contributed by atoms with Crippen molar-refractivity contribution >= 4 is 27.8 Å². The Morgan fingerprint density at radius 2 is 2.17 bits per heavy atom. The van der Waals surface area contributed by atoms with E-state index >= 15 is 0 Å². The zero-order valence-electron chi connectivity index (χ0n) is 8.91. The smallest absolute Gasteiger partial charge is 0.281 e. The zero-order chi connectivity index (χ0) is 13.1. The first-order valence-electron chi connectivity index (χ1n) is 4.83. The van der Waals surface area contributed by atoms with Gasteiger partial charge in [0, 0.05) is 10.5 Å². The molecular weight excluding hydrogens is 304 g/mol. The molecule has 0 atom stereocenters. The number of rotatable bonds is 3. The maximum Gasteiger partial charge on any atom is 0.281 e. The van der Waals surface area contributed by atoms with Crippen LogP contribution in [0.25, 0.3) is 11.3 Å². The fraction of sp³-hybridized carbons (Fsp3) is 0. The van der Waals surface area contributed by atoms with Gasteiger partial charge >= 0.3 is 0 Å². The van der Waals surface area contributed by atoms with Gasteiger partial charge in [-0.3, -0.25) is 10.1 Å². The van der Waals surface area contributed by atoms with Crippen LogP contribution in [-0.2, 0) is 0 Å². The third-order valence-electron chi connectivity index (χ3n) is 2.23. The fourth-order valence-corrected chi connectivity index (χ4v) is 1.84. The number of benzene rings is 1. The normalized spacial score (nSPS) is 10.9. The molecule has 0 radical (unpaired) electrons. The molecule has 6 nitrogen and oxygen atoms in total. The summed E-state index contributed by atoms with van der Waals surface area (Å²) in [5.41, 5.74) is 0.298. The minimum atomic E-state index is -0.484. The maximum absolute atomic E-state index is 11.0. The summed E-state index contributed by atoms with van der Waals surface area (Å²) in [6.45, 7) is 0. The average molecular weight is 311 g/mol. The van der Waals surface area contributed by atoms with Crippen LogP contribution in [0.2, 0.25) is 0 Å². The van der Waals surface area contributed by atoms with E-state index in [-0.39, 0.29) is 5.69 Å². The molecule has 0 saturated heterocycles. The topological polar surface area (TPSA) is 88.9 Å². The third-order valence-corrected chi connectivity index (χ3v) is 2.73. The molecule has 2 rings (SSSR count). The lowest BCUT2D eigenvalue weighted by atomic mass is 10.1. The molecule has 7 heteroatoms. The Labute approximate surface area is 110 Å². The van der Waals surface area contributed by atoms with Crippen LogP contribution in [0.1, 0.15) is 5.76 Å². The number of hydrogen-bond acceptors (Lipinski definition) is 5. The highest BCUT2D eigenvalue weighted by Gasteiger charge is 2.18. The van der Waals surface area contributed by atoms with Gasteiger partial charge in [0.2, 0.25) is 0 Å². The molecule has 1 aromatic heterocycles. The van der Waals surface area contributed by atoms with Crippen molar-refractivity contribution in [2.45, 2.75) is 0 Å². The van der Waals surface area contributed by atoms with Crippen molar-refractivity contribution in [1.29, 1.82) is 0 Å². The predicted molar refractivity (Wildman–Crippen MR) is 67.9 cm³/mol. The maximum atomic E-state index is 11.0. The molecule has 92 valence electrons. The Balaban J connectivity index is 2.52. The molecule has 18 heavy (non-hydrogen) atoms. The van der Waals surface area contributed by atoms with E-state index in [1.54, 1.807) is 24.3 Å². The van der Waals surface area contributed by atoms with Crippen LogP contribution in [0, 0.1) is 10.1 Å². The second kappa shape index (κ2) is 5.01. The largest absolute Gasteiger partial charge is 0.455 e. The minimum absolute atomic E-state index is 0.0637. The molecule has 0 amide bonds. The van der Waals surface area contributed by atoms with Gasteiger partial charge in [-0.2, -0.15) is 0 Å². The Hall–Kier alpha value is -2.15. The highest BCUT2D eigenvalue weighted by atomic mass is 79.9. The molecule has 1 heterocycles. The summed E-state index contributed by atoms with van der Waals surface area (Å²) in [4.78, 5) is 10.5. The monoisotopic (exact) mass is 310 g/mol. The van der Waals surface area contributed by atoms with Gasteiger partial charge in [0.1, 0.15) is 17.7 Å². The van der Waals surface area contributed by atoms with Crippen LogP contribution in [0.4, 0.5) is 5.69 Å². The van der Waals surface area contributed by atoms with E-state index in [1.807, 2.05) is 0 Å². The number of furan rings is 1. The Morgan fingerprint density at radius 1 is 1.39 bits per heavy atom. The van der Waals surface area contributed by atoms with Gasteiger partial charge in [0.15, 0.2) is 0 Å². The second-order valence-electron chi connectivity index (χ2n) is 3.37. The van der Waals surface area contributed by atoms with Crippen molar-refractivity contribution in [3.05, 3.63) is 50.7 Å². The van der Waals surface area contributed by atoms with Crippen molar-refractivity contribution in [3.8, 4) is 11.3 Å². The molecule has 2 aromatic rings. The van der Waals surface area contributed by atoms with Crippen molar-refractivity contribution in [2.75, 3.05) is 0 Å². The van der Waals surface area contributed by atoms with E-state index in [0.29, 0.717) is 21.6 Å². The SMILES string of the molecule is O=[N+]([O-])c1cc(Br)ccc1-c1ccc(/C=N/O)o1. The minimum Gasteiger partial charge on any atom is -0.455 e. The fourth-order valence-electron chi connectivity index (χ4n) is 1.49. The van der Waals surface area contributed by atoms with Crippen LogP contribution >= 0.6 is 15.9 Å². The van der Waals surface area contributed by atoms with Crippen molar-refractivity contribution in [1.82, 2.24) is 0 Å². The van der Waals surface area contributed by atoms with Gasteiger partial charge in [-0.25, -0.2) is 0 Å². The summed E-state index contributed by atoms with van der Waals surface area (Å²) < 4.78 is 5.92. The molecule has 0 spiro atoms. The third kappa shape index (κ3) is 2.40. The molecule has 0 bridgehead atoms. The molecular formula is C11H7BrN2O4. The van der Waals surface area contributed by atoms with Crippen molar-refractivity contribution in [2.24, 2.45) is 5.16 Å². The summed E-state index contributed by atoms with van der Waals surface area (Å²) in [5, 5.41) is 22.2. The van der Waals surface area contributed by atoms with Gasteiger partial charge in [-0.15, -0.1) is 0 Å². The van der Waals surface area contributed by atoms with Crippen molar-refractivity contribution in [3.63, 3.8) is 0 Å². The molecule has 0 aliphatic heterocycles. The van der Waals surface area contributed by atoms with E-state index in [0.717, 1.165) is 6.21 Å². The van der Waals surface area contributed by atoms with Gasteiger partial charge < -0.3 is 9.62 Å². The Bertz CT molecular complexity index is 621. The standard InChI is InChI=1S/C11H7BrN2O4/c12-7-1-3-9(10(5-7)14(16)17)11-4-2-8(18-11)6-13-15/h1-6,15H/b13-6+. The van der Waals surface area contributed by atoms with Crippen molar-refractivity contribution < 1.29 is 14.5 Å². The lowest BCUT2D eigenvalue weighted by Gasteiger charge is -2.00. The summed E-state index contributed by atoms with van der Waals surface area (Å²) in [5.74, 6) is 0.647. The highest BCUT2D eigenvalue weighted by Crippen LogP contribution is 2.33. The van der Waals surface area contributed by atoms with Crippen LogP contribution < -0.4 is 0 Å². The van der Waals surface area contributed by atoms with E-state index < -0.39 is 4.92 Å². The lowest BCUT2D eigenvalue weighted by molar-refractivity contribution is -0.384. The first kappa shape index (κ1) is 12.3.